The first-order valence-corrected chi connectivity index (χ1v) is 5.69. The fourth-order valence-corrected chi connectivity index (χ4v) is 1.56. The van der Waals surface area contributed by atoms with E-state index in [2.05, 4.69) is 9.97 Å². The molecule has 0 aliphatic rings. The number of aromatic nitrogens is 2. The zero-order valence-electron chi connectivity index (χ0n) is 10.8. The number of halogens is 1. The normalized spacial score (nSPS) is 10.2. The van der Waals surface area contributed by atoms with E-state index in [-0.39, 0.29) is 17.5 Å². The molecule has 1 aromatic carbocycles. The predicted molar refractivity (Wildman–Crippen MR) is 70.9 cm³/mol. The zero-order chi connectivity index (χ0) is 15.6. The molecule has 0 spiro atoms. The Morgan fingerprint density at radius 3 is 2.81 bits per heavy atom. The van der Waals surface area contributed by atoms with Crippen LogP contribution in [-0.2, 0) is 0 Å². The number of ether oxygens (including phenoxy) is 1. The Hall–Kier alpha value is -3.10. The first kappa shape index (κ1) is 14.3. The molecule has 8 nitrogen and oxygen atoms in total. The van der Waals surface area contributed by atoms with Crippen molar-refractivity contribution in [1.29, 1.82) is 5.41 Å². The molecule has 2 aromatic rings. The van der Waals surface area contributed by atoms with E-state index >= 15 is 0 Å². The average molecular weight is 291 g/mol. The van der Waals surface area contributed by atoms with E-state index in [0.717, 1.165) is 12.1 Å². The Bertz CT molecular complexity index is 735. The number of nitro benzene ring substituents is 1. The Morgan fingerprint density at radius 1 is 1.48 bits per heavy atom. The van der Waals surface area contributed by atoms with Gasteiger partial charge >= 0.3 is 11.7 Å². The Morgan fingerprint density at radius 2 is 2.19 bits per heavy atom. The van der Waals surface area contributed by atoms with Gasteiger partial charge in [-0.3, -0.25) is 15.5 Å². The van der Waals surface area contributed by atoms with Gasteiger partial charge in [0.1, 0.15) is 11.5 Å². The maximum atomic E-state index is 13.7. The summed E-state index contributed by atoms with van der Waals surface area (Å²) in [6, 6.07) is 4.42. The molecule has 0 atom stereocenters. The van der Waals surface area contributed by atoms with E-state index < -0.39 is 22.2 Å². The highest BCUT2D eigenvalue weighted by atomic mass is 19.1. The summed E-state index contributed by atoms with van der Waals surface area (Å²) >= 11 is 0. The first-order chi connectivity index (χ1) is 9.88. The molecule has 1 heterocycles. The molecule has 0 aliphatic carbocycles. The van der Waals surface area contributed by atoms with Crippen LogP contribution >= 0.6 is 0 Å². The van der Waals surface area contributed by atoms with Crippen molar-refractivity contribution in [2.45, 2.75) is 6.92 Å². The van der Waals surface area contributed by atoms with Gasteiger partial charge < -0.3 is 10.5 Å². The van der Waals surface area contributed by atoms with Gasteiger partial charge in [0.15, 0.2) is 5.82 Å². The van der Waals surface area contributed by atoms with E-state index in [1.165, 1.54) is 12.1 Å². The number of benzene rings is 1. The minimum absolute atomic E-state index is 0.0801. The van der Waals surface area contributed by atoms with Crippen molar-refractivity contribution in [3.63, 3.8) is 0 Å². The summed E-state index contributed by atoms with van der Waals surface area (Å²) < 4.78 is 18.8. The van der Waals surface area contributed by atoms with Crippen LogP contribution in [0.3, 0.4) is 0 Å². The molecule has 3 N–H and O–H groups in total. The molecule has 0 unspecified atom stereocenters. The van der Waals surface area contributed by atoms with Gasteiger partial charge in [-0.15, -0.1) is 0 Å². The van der Waals surface area contributed by atoms with Crippen molar-refractivity contribution in [3.8, 4) is 11.8 Å². The Labute approximate surface area is 118 Å². The van der Waals surface area contributed by atoms with Crippen molar-refractivity contribution < 1.29 is 14.1 Å². The molecule has 2 rings (SSSR count). The molecule has 0 radical (unpaired) electrons. The number of para-hydroxylation sites is 1. The summed E-state index contributed by atoms with van der Waals surface area (Å²) in [7, 11) is 0. The minimum Gasteiger partial charge on any atom is -0.414 e. The number of amidine groups is 1. The molecule has 21 heavy (non-hydrogen) atoms. The van der Waals surface area contributed by atoms with E-state index in [4.69, 9.17) is 15.9 Å². The van der Waals surface area contributed by atoms with Crippen molar-refractivity contribution in [3.05, 3.63) is 51.6 Å². The van der Waals surface area contributed by atoms with Gasteiger partial charge in [0.2, 0.25) is 5.75 Å². The van der Waals surface area contributed by atoms with Gasteiger partial charge in [0.05, 0.1) is 4.92 Å². The lowest BCUT2D eigenvalue weighted by molar-refractivity contribution is -0.385. The maximum Gasteiger partial charge on any atom is 0.323 e. The molecule has 9 heteroatoms. The second-order valence-electron chi connectivity index (χ2n) is 4.04. The molecule has 1 aromatic heterocycles. The SMILES string of the molecule is Cc1cc(C(=N)N)nc(Oc2c(F)cccc2[N+](=O)[O-])n1. The Kier molecular flexibility index (Phi) is 3.74. The number of nitro groups is 1. The fourth-order valence-electron chi connectivity index (χ4n) is 1.56. The summed E-state index contributed by atoms with van der Waals surface area (Å²) in [6.45, 7) is 1.59. The maximum absolute atomic E-state index is 13.7. The van der Waals surface area contributed by atoms with E-state index in [0.29, 0.717) is 5.69 Å². The topological polar surface area (TPSA) is 128 Å². The predicted octanol–water partition coefficient (Wildman–Crippen LogP) is 1.91. The van der Waals surface area contributed by atoms with Crippen LogP contribution in [0, 0.1) is 28.3 Å². The van der Waals surface area contributed by atoms with Crippen LogP contribution < -0.4 is 10.5 Å². The monoisotopic (exact) mass is 291 g/mol. The van der Waals surface area contributed by atoms with Crippen LogP contribution in [0.5, 0.6) is 11.8 Å². The molecular formula is C12H10FN5O3. The van der Waals surface area contributed by atoms with Crippen LogP contribution in [0.4, 0.5) is 10.1 Å². The lowest BCUT2D eigenvalue weighted by atomic mass is 10.3. The third-order valence-corrected chi connectivity index (χ3v) is 2.45. The van der Waals surface area contributed by atoms with E-state index in [9.17, 15) is 14.5 Å². The number of aryl methyl sites for hydroxylation is 1. The molecular weight excluding hydrogens is 281 g/mol. The fraction of sp³-hybridized carbons (Fsp3) is 0.0833. The van der Waals surface area contributed by atoms with Crippen LogP contribution in [0.15, 0.2) is 24.3 Å². The summed E-state index contributed by atoms with van der Waals surface area (Å²) in [6.07, 6.45) is 0. The van der Waals surface area contributed by atoms with Crippen molar-refractivity contribution in [2.24, 2.45) is 5.73 Å². The van der Waals surface area contributed by atoms with Gasteiger partial charge in [-0.25, -0.2) is 9.37 Å². The zero-order valence-corrected chi connectivity index (χ0v) is 10.8. The molecule has 0 aliphatic heterocycles. The van der Waals surface area contributed by atoms with Crippen LogP contribution in [0.2, 0.25) is 0 Å². The summed E-state index contributed by atoms with van der Waals surface area (Å²) in [5, 5.41) is 18.2. The molecule has 0 fully saturated rings. The van der Waals surface area contributed by atoms with Crippen LogP contribution in [0.25, 0.3) is 0 Å². The highest BCUT2D eigenvalue weighted by Crippen LogP contribution is 2.32. The number of rotatable bonds is 4. The van der Waals surface area contributed by atoms with Crippen LogP contribution in [-0.4, -0.2) is 20.7 Å². The van der Waals surface area contributed by atoms with Gasteiger partial charge in [-0.2, -0.15) is 4.98 Å². The average Bonchev–Trinajstić information content (AvgIpc) is 2.40. The molecule has 0 amide bonds. The van der Waals surface area contributed by atoms with Gasteiger partial charge in [-0.1, -0.05) is 6.07 Å². The second-order valence-corrected chi connectivity index (χ2v) is 4.04. The molecule has 0 saturated heterocycles. The third kappa shape index (κ3) is 3.08. The number of nitrogens with one attached hydrogen (secondary N) is 1. The van der Waals surface area contributed by atoms with Gasteiger partial charge in [0, 0.05) is 11.8 Å². The number of hydrogen-bond donors (Lipinski definition) is 2. The summed E-state index contributed by atoms with van der Waals surface area (Å²) in [4.78, 5) is 17.8. The first-order valence-electron chi connectivity index (χ1n) is 5.69. The van der Waals surface area contributed by atoms with Gasteiger partial charge in [-0.05, 0) is 19.1 Å². The Balaban J connectivity index is 2.48. The quantitative estimate of drug-likeness (QED) is 0.383. The summed E-state index contributed by atoms with van der Waals surface area (Å²) in [5.41, 5.74) is 5.26. The van der Waals surface area contributed by atoms with E-state index in [1.807, 2.05) is 0 Å². The number of hydrogen-bond acceptors (Lipinski definition) is 6. The molecule has 0 bridgehead atoms. The molecule has 108 valence electrons. The lowest BCUT2D eigenvalue weighted by Gasteiger charge is -2.07. The minimum atomic E-state index is -0.918. The third-order valence-electron chi connectivity index (χ3n) is 2.45. The van der Waals surface area contributed by atoms with Crippen molar-refractivity contribution >= 4 is 11.5 Å². The highest BCUT2D eigenvalue weighted by molar-refractivity contribution is 5.93. The smallest absolute Gasteiger partial charge is 0.323 e. The second kappa shape index (κ2) is 5.49. The van der Waals surface area contributed by atoms with Crippen molar-refractivity contribution in [1.82, 2.24) is 9.97 Å². The number of nitrogens with zero attached hydrogens (tertiary/aromatic N) is 3. The highest BCUT2D eigenvalue weighted by Gasteiger charge is 2.21. The van der Waals surface area contributed by atoms with E-state index in [1.54, 1.807) is 6.92 Å². The molecule has 0 saturated carbocycles. The number of nitrogen functional groups attached to an aromatic ring is 1. The largest absolute Gasteiger partial charge is 0.414 e. The van der Waals surface area contributed by atoms with Crippen molar-refractivity contribution in [2.75, 3.05) is 0 Å². The standard InChI is InChI=1S/C12H10FN5O3/c1-6-5-8(11(14)15)17-12(16-6)21-10-7(13)3-2-4-9(10)18(19)20/h2-5H,1H3,(H3,14,15). The van der Waals surface area contributed by atoms with Gasteiger partial charge in [0.25, 0.3) is 0 Å². The number of nitrogens with two attached hydrogens (primary N) is 1. The lowest BCUT2D eigenvalue weighted by Crippen LogP contribution is -2.14. The summed E-state index contributed by atoms with van der Waals surface area (Å²) in [5.74, 6) is -1.84. The van der Waals surface area contributed by atoms with Crippen LogP contribution in [0.1, 0.15) is 11.4 Å².